The van der Waals surface area contributed by atoms with Crippen LogP contribution in [0.3, 0.4) is 0 Å². The third kappa shape index (κ3) is 1.63. The Morgan fingerprint density at radius 1 is 1.18 bits per heavy atom. The molecular formula is C13H12N4. The summed E-state index contributed by atoms with van der Waals surface area (Å²) in [4.78, 5) is 4.12. The zero-order valence-electron chi connectivity index (χ0n) is 9.46. The molecule has 0 saturated heterocycles. The molecule has 0 amide bonds. The highest BCUT2D eigenvalue weighted by atomic mass is 15.3. The van der Waals surface area contributed by atoms with Gasteiger partial charge >= 0.3 is 0 Å². The standard InChI is InChI=1S/C13H12N4/c1-9-2-4-11(14)6-12(9)10-3-5-13-15-8-16-17(13)7-10/h2-8H,14H2,1H3. The van der Waals surface area contributed by atoms with Gasteiger partial charge in [0, 0.05) is 17.4 Å². The highest BCUT2D eigenvalue weighted by Crippen LogP contribution is 2.25. The molecule has 0 atom stereocenters. The van der Waals surface area contributed by atoms with E-state index in [2.05, 4.69) is 17.0 Å². The van der Waals surface area contributed by atoms with Crippen LogP contribution in [0.15, 0.2) is 42.9 Å². The smallest absolute Gasteiger partial charge is 0.155 e. The van der Waals surface area contributed by atoms with Crippen molar-refractivity contribution in [3.63, 3.8) is 0 Å². The summed E-state index contributed by atoms with van der Waals surface area (Å²) in [6.45, 7) is 2.07. The number of aromatic nitrogens is 3. The fourth-order valence-corrected chi connectivity index (χ4v) is 1.93. The Hall–Kier alpha value is -2.36. The first-order chi connectivity index (χ1) is 8.24. The maximum atomic E-state index is 5.82. The number of nitrogens with zero attached hydrogens (tertiary/aromatic N) is 3. The van der Waals surface area contributed by atoms with Crippen molar-refractivity contribution in [3.05, 3.63) is 48.4 Å². The van der Waals surface area contributed by atoms with Crippen LogP contribution in [-0.4, -0.2) is 14.6 Å². The third-order valence-electron chi connectivity index (χ3n) is 2.85. The Balaban J connectivity index is 2.22. The molecule has 0 saturated carbocycles. The van der Waals surface area contributed by atoms with E-state index in [0.29, 0.717) is 0 Å². The molecule has 0 unspecified atom stereocenters. The molecule has 17 heavy (non-hydrogen) atoms. The maximum absolute atomic E-state index is 5.82. The van der Waals surface area contributed by atoms with Crippen molar-refractivity contribution in [1.29, 1.82) is 0 Å². The monoisotopic (exact) mass is 224 g/mol. The highest BCUT2D eigenvalue weighted by Gasteiger charge is 2.04. The molecular weight excluding hydrogens is 212 g/mol. The van der Waals surface area contributed by atoms with Crippen LogP contribution in [-0.2, 0) is 0 Å². The SMILES string of the molecule is Cc1ccc(N)cc1-c1ccc2ncnn2c1. The van der Waals surface area contributed by atoms with Crippen molar-refractivity contribution in [3.8, 4) is 11.1 Å². The summed E-state index contributed by atoms with van der Waals surface area (Å²) in [7, 11) is 0. The van der Waals surface area contributed by atoms with Crippen LogP contribution in [0.4, 0.5) is 5.69 Å². The van der Waals surface area contributed by atoms with E-state index in [4.69, 9.17) is 5.73 Å². The molecule has 4 heteroatoms. The lowest BCUT2D eigenvalue weighted by Crippen LogP contribution is -1.92. The van der Waals surface area contributed by atoms with E-state index < -0.39 is 0 Å². The molecule has 2 N–H and O–H groups in total. The first-order valence-electron chi connectivity index (χ1n) is 5.40. The molecule has 3 rings (SSSR count). The minimum atomic E-state index is 0.768. The van der Waals surface area contributed by atoms with Gasteiger partial charge in [0.1, 0.15) is 6.33 Å². The molecule has 1 aromatic carbocycles. The number of hydrogen-bond donors (Lipinski definition) is 1. The number of nitrogen functional groups attached to an aromatic ring is 1. The minimum absolute atomic E-state index is 0.768. The lowest BCUT2D eigenvalue weighted by atomic mass is 10.0. The van der Waals surface area contributed by atoms with Gasteiger partial charge in [-0.1, -0.05) is 6.07 Å². The average Bonchev–Trinajstić information content (AvgIpc) is 2.79. The lowest BCUT2D eigenvalue weighted by Gasteiger charge is -2.07. The summed E-state index contributed by atoms with van der Waals surface area (Å²) in [5.41, 5.74) is 10.8. The molecule has 0 spiro atoms. The lowest BCUT2D eigenvalue weighted by molar-refractivity contribution is 0.962. The van der Waals surface area contributed by atoms with Crippen LogP contribution >= 0.6 is 0 Å². The number of benzene rings is 1. The van der Waals surface area contributed by atoms with E-state index >= 15 is 0 Å². The second-order valence-electron chi connectivity index (χ2n) is 4.05. The van der Waals surface area contributed by atoms with Crippen molar-refractivity contribution in [2.45, 2.75) is 6.92 Å². The molecule has 2 aromatic heterocycles. The summed E-state index contributed by atoms with van der Waals surface area (Å²) in [5.74, 6) is 0. The molecule has 2 heterocycles. The van der Waals surface area contributed by atoms with Gasteiger partial charge in [-0.3, -0.25) is 0 Å². The molecule has 0 radical (unpaired) electrons. The topological polar surface area (TPSA) is 56.2 Å². The largest absolute Gasteiger partial charge is 0.399 e. The third-order valence-corrected chi connectivity index (χ3v) is 2.85. The summed E-state index contributed by atoms with van der Waals surface area (Å²) >= 11 is 0. The molecule has 0 bridgehead atoms. The Bertz CT molecular complexity index is 685. The van der Waals surface area contributed by atoms with Crippen molar-refractivity contribution >= 4 is 11.3 Å². The Kier molecular flexibility index (Phi) is 2.08. The number of fused-ring (bicyclic) bond motifs is 1. The molecule has 0 aliphatic heterocycles. The zero-order chi connectivity index (χ0) is 11.8. The number of anilines is 1. The average molecular weight is 224 g/mol. The fraction of sp³-hybridized carbons (Fsp3) is 0.0769. The first-order valence-corrected chi connectivity index (χ1v) is 5.40. The Labute approximate surface area is 98.7 Å². The van der Waals surface area contributed by atoms with Gasteiger partial charge in [0.25, 0.3) is 0 Å². The van der Waals surface area contributed by atoms with E-state index in [0.717, 1.165) is 22.5 Å². The second kappa shape index (κ2) is 3.59. The molecule has 0 aliphatic carbocycles. The van der Waals surface area contributed by atoms with Gasteiger partial charge in [0.05, 0.1) is 0 Å². The summed E-state index contributed by atoms with van der Waals surface area (Å²) < 4.78 is 1.76. The van der Waals surface area contributed by atoms with Gasteiger partial charge < -0.3 is 5.73 Å². The van der Waals surface area contributed by atoms with Gasteiger partial charge in [-0.25, -0.2) is 9.50 Å². The Morgan fingerprint density at radius 3 is 2.94 bits per heavy atom. The quantitative estimate of drug-likeness (QED) is 0.645. The molecule has 0 aliphatic rings. The summed E-state index contributed by atoms with van der Waals surface area (Å²) in [6, 6.07) is 9.90. The van der Waals surface area contributed by atoms with Gasteiger partial charge in [-0.15, -0.1) is 0 Å². The molecule has 0 fully saturated rings. The second-order valence-corrected chi connectivity index (χ2v) is 4.05. The van der Waals surface area contributed by atoms with Crippen LogP contribution in [0.1, 0.15) is 5.56 Å². The van der Waals surface area contributed by atoms with E-state index in [9.17, 15) is 0 Å². The normalized spacial score (nSPS) is 10.9. The molecule has 3 aromatic rings. The maximum Gasteiger partial charge on any atom is 0.155 e. The van der Waals surface area contributed by atoms with Crippen LogP contribution in [0, 0.1) is 6.92 Å². The predicted molar refractivity (Wildman–Crippen MR) is 67.6 cm³/mol. The number of pyridine rings is 1. The van der Waals surface area contributed by atoms with Crippen LogP contribution in [0.25, 0.3) is 16.8 Å². The van der Waals surface area contributed by atoms with Crippen molar-refractivity contribution in [2.75, 3.05) is 5.73 Å². The summed E-state index contributed by atoms with van der Waals surface area (Å²) in [5, 5.41) is 4.13. The predicted octanol–water partition coefficient (Wildman–Crippen LogP) is 2.29. The van der Waals surface area contributed by atoms with Gasteiger partial charge in [-0.05, 0) is 42.3 Å². The Morgan fingerprint density at radius 2 is 2.06 bits per heavy atom. The number of aryl methyl sites for hydroxylation is 1. The van der Waals surface area contributed by atoms with Gasteiger partial charge in [0.15, 0.2) is 5.65 Å². The van der Waals surface area contributed by atoms with E-state index in [1.165, 1.54) is 5.56 Å². The van der Waals surface area contributed by atoms with Crippen LogP contribution in [0.5, 0.6) is 0 Å². The minimum Gasteiger partial charge on any atom is -0.399 e. The van der Waals surface area contributed by atoms with E-state index in [1.54, 1.807) is 10.8 Å². The zero-order valence-corrected chi connectivity index (χ0v) is 9.46. The molecule has 84 valence electrons. The first kappa shape index (κ1) is 9.84. The number of nitrogens with two attached hydrogens (primary N) is 1. The van der Waals surface area contributed by atoms with Gasteiger partial charge in [0.2, 0.25) is 0 Å². The van der Waals surface area contributed by atoms with Crippen molar-refractivity contribution in [2.24, 2.45) is 0 Å². The number of rotatable bonds is 1. The molecule has 4 nitrogen and oxygen atoms in total. The van der Waals surface area contributed by atoms with Crippen LogP contribution in [0.2, 0.25) is 0 Å². The van der Waals surface area contributed by atoms with Crippen molar-refractivity contribution in [1.82, 2.24) is 14.6 Å². The summed E-state index contributed by atoms with van der Waals surface area (Å²) in [6.07, 6.45) is 3.51. The van der Waals surface area contributed by atoms with E-state index in [-0.39, 0.29) is 0 Å². The van der Waals surface area contributed by atoms with Crippen LogP contribution < -0.4 is 5.73 Å². The van der Waals surface area contributed by atoms with E-state index in [1.807, 2.05) is 36.5 Å². The highest BCUT2D eigenvalue weighted by molar-refractivity contribution is 5.71. The van der Waals surface area contributed by atoms with Gasteiger partial charge in [-0.2, -0.15) is 5.10 Å². The number of hydrogen-bond acceptors (Lipinski definition) is 3. The fourth-order valence-electron chi connectivity index (χ4n) is 1.93. The van der Waals surface area contributed by atoms with Crippen molar-refractivity contribution < 1.29 is 0 Å².